The fourth-order valence-corrected chi connectivity index (χ4v) is 3.80. The van der Waals surface area contributed by atoms with Crippen molar-refractivity contribution in [3.63, 3.8) is 0 Å². The van der Waals surface area contributed by atoms with Crippen molar-refractivity contribution < 1.29 is 14.7 Å². The van der Waals surface area contributed by atoms with E-state index in [0.29, 0.717) is 12.8 Å². The highest BCUT2D eigenvalue weighted by Gasteiger charge is 2.34. The van der Waals surface area contributed by atoms with E-state index in [1.54, 1.807) is 0 Å². The average Bonchev–Trinajstić information content (AvgIpc) is 2.61. The van der Waals surface area contributed by atoms with Gasteiger partial charge in [0.2, 0.25) is 5.91 Å². The molecule has 0 aromatic heterocycles. The molecule has 4 heteroatoms. The standard InChI is InChI=1S/C20H25NO3/c1-13(15-11-10-14-6-2-3-7-16(14)12-15)21-19(22)17-8-4-5-9-18(17)20(23)24/h4-5,10-13,17-18H,2-3,6-9H2,1H3,(H,21,22)(H,23,24)/t13-,17+,18+/m0/s1. The summed E-state index contributed by atoms with van der Waals surface area (Å²) in [6.45, 7) is 1.97. The summed E-state index contributed by atoms with van der Waals surface area (Å²) < 4.78 is 0. The maximum Gasteiger partial charge on any atom is 0.307 e. The van der Waals surface area contributed by atoms with Gasteiger partial charge in [0.15, 0.2) is 0 Å². The molecule has 1 aromatic carbocycles. The molecule has 3 rings (SSSR count). The van der Waals surface area contributed by atoms with Gasteiger partial charge in [-0.25, -0.2) is 0 Å². The first-order valence-electron chi connectivity index (χ1n) is 8.86. The SMILES string of the molecule is C[C@H](NC(=O)[C@@H]1CC=CC[C@H]1C(=O)O)c1ccc2c(c1)CCCC2. The summed E-state index contributed by atoms with van der Waals surface area (Å²) in [6.07, 6.45) is 9.43. The number of hydrogen-bond acceptors (Lipinski definition) is 2. The van der Waals surface area contributed by atoms with Crippen LogP contribution >= 0.6 is 0 Å². The monoisotopic (exact) mass is 327 g/mol. The minimum Gasteiger partial charge on any atom is -0.481 e. The van der Waals surface area contributed by atoms with Crippen LogP contribution in [-0.4, -0.2) is 17.0 Å². The lowest BCUT2D eigenvalue weighted by Gasteiger charge is -2.26. The smallest absolute Gasteiger partial charge is 0.307 e. The van der Waals surface area contributed by atoms with Gasteiger partial charge in [-0.05, 0) is 62.1 Å². The molecule has 3 atom stereocenters. The molecule has 0 bridgehead atoms. The Morgan fingerprint density at radius 2 is 1.75 bits per heavy atom. The average molecular weight is 327 g/mol. The molecule has 0 saturated carbocycles. The number of aliphatic carboxylic acids is 1. The number of amides is 1. The maximum absolute atomic E-state index is 12.6. The number of aryl methyl sites for hydroxylation is 2. The number of hydrogen-bond donors (Lipinski definition) is 2. The van der Waals surface area contributed by atoms with Crippen LogP contribution in [0.1, 0.15) is 55.3 Å². The van der Waals surface area contributed by atoms with E-state index in [1.165, 1.54) is 24.0 Å². The van der Waals surface area contributed by atoms with Gasteiger partial charge in [-0.15, -0.1) is 0 Å². The van der Waals surface area contributed by atoms with Gasteiger partial charge in [-0.1, -0.05) is 30.4 Å². The summed E-state index contributed by atoms with van der Waals surface area (Å²) in [5, 5.41) is 12.3. The number of carboxylic acids is 1. The highest BCUT2D eigenvalue weighted by molar-refractivity contribution is 5.85. The molecule has 1 aromatic rings. The molecular formula is C20H25NO3. The lowest BCUT2D eigenvalue weighted by Crippen LogP contribution is -2.39. The second kappa shape index (κ2) is 7.20. The van der Waals surface area contributed by atoms with Gasteiger partial charge >= 0.3 is 5.97 Å². The minimum absolute atomic E-state index is 0.106. The van der Waals surface area contributed by atoms with Crippen LogP contribution in [0.3, 0.4) is 0 Å². The molecule has 0 saturated heterocycles. The number of nitrogens with one attached hydrogen (secondary N) is 1. The lowest BCUT2D eigenvalue weighted by molar-refractivity contribution is -0.147. The molecule has 1 amide bonds. The van der Waals surface area contributed by atoms with Crippen LogP contribution in [0.2, 0.25) is 0 Å². The molecular weight excluding hydrogens is 302 g/mol. The first-order chi connectivity index (χ1) is 11.6. The van der Waals surface area contributed by atoms with Crippen molar-refractivity contribution in [2.45, 2.75) is 51.5 Å². The molecule has 24 heavy (non-hydrogen) atoms. The third kappa shape index (κ3) is 3.53. The summed E-state index contributed by atoms with van der Waals surface area (Å²) in [6, 6.07) is 6.36. The Labute approximate surface area is 143 Å². The number of rotatable bonds is 4. The lowest BCUT2D eigenvalue weighted by atomic mass is 9.82. The molecule has 0 fully saturated rings. The molecule has 0 radical (unpaired) electrons. The van der Waals surface area contributed by atoms with E-state index >= 15 is 0 Å². The Morgan fingerprint density at radius 1 is 1.08 bits per heavy atom. The van der Waals surface area contributed by atoms with E-state index in [2.05, 4.69) is 23.5 Å². The highest BCUT2D eigenvalue weighted by Crippen LogP contribution is 2.28. The zero-order valence-electron chi connectivity index (χ0n) is 14.1. The Kier molecular flexibility index (Phi) is 5.03. The molecule has 128 valence electrons. The van der Waals surface area contributed by atoms with Crippen LogP contribution in [0.15, 0.2) is 30.4 Å². The van der Waals surface area contributed by atoms with Crippen molar-refractivity contribution in [1.82, 2.24) is 5.32 Å². The second-order valence-electron chi connectivity index (χ2n) is 6.96. The maximum atomic E-state index is 12.6. The summed E-state index contributed by atoms with van der Waals surface area (Å²) in [4.78, 5) is 23.9. The summed E-state index contributed by atoms with van der Waals surface area (Å²) >= 11 is 0. The van der Waals surface area contributed by atoms with Gasteiger partial charge in [-0.2, -0.15) is 0 Å². The molecule has 0 aliphatic heterocycles. The second-order valence-corrected chi connectivity index (χ2v) is 6.96. The topological polar surface area (TPSA) is 66.4 Å². The predicted molar refractivity (Wildman–Crippen MR) is 92.6 cm³/mol. The Bertz CT molecular complexity index is 665. The van der Waals surface area contributed by atoms with E-state index in [0.717, 1.165) is 18.4 Å². The van der Waals surface area contributed by atoms with Crippen LogP contribution in [0, 0.1) is 11.8 Å². The summed E-state index contributed by atoms with van der Waals surface area (Å²) in [7, 11) is 0. The Hall–Kier alpha value is -2.10. The van der Waals surface area contributed by atoms with Crippen molar-refractivity contribution in [2.24, 2.45) is 11.8 Å². The number of fused-ring (bicyclic) bond motifs is 1. The largest absolute Gasteiger partial charge is 0.481 e. The molecule has 4 nitrogen and oxygen atoms in total. The number of carbonyl (C=O) groups excluding carboxylic acids is 1. The molecule has 2 aliphatic carbocycles. The zero-order chi connectivity index (χ0) is 17.1. The van der Waals surface area contributed by atoms with Crippen molar-refractivity contribution in [3.8, 4) is 0 Å². The van der Waals surface area contributed by atoms with Crippen molar-refractivity contribution in [1.29, 1.82) is 0 Å². The van der Waals surface area contributed by atoms with E-state index in [4.69, 9.17) is 0 Å². The van der Waals surface area contributed by atoms with E-state index in [9.17, 15) is 14.7 Å². The van der Waals surface area contributed by atoms with Crippen LogP contribution in [0.25, 0.3) is 0 Å². The number of allylic oxidation sites excluding steroid dienone is 2. The number of carbonyl (C=O) groups is 2. The molecule has 0 unspecified atom stereocenters. The van der Waals surface area contributed by atoms with Crippen molar-refractivity contribution in [2.75, 3.05) is 0 Å². The van der Waals surface area contributed by atoms with E-state index in [1.807, 2.05) is 19.1 Å². The van der Waals surface area contributed by atoms with Gasteiger partial charge in [0, 0.05) is 0 Å². The van der Waals surface area contributed by atoms with Gasteiger partial charge in [0.1, 0.15) is 0 Å². The van der Waals surface area contributed by atoms with Crippen LogP contribution in [-0.2, 0) is 22.4 Å². The third-order valence-electron chi connectivity index (χ3n) is 5.32. The summed E-state index contributed by atoms with van der Waals surface area (Å²) in [5.74, 6) is -2.14. The molecule has 0 spiro atoms. The summed E-state index contributed by atoms with van der Waals surface area (Å²) in [5.41, 5.74) is 3.91. The van der Waals surface area contributed by atoms with Gasteiger partial charge < -0.3 is 10.4 Å². The van der Waals surface area contributed by atoms with Crippen molar-refractivity contribution >= 4 is 11.9 Å². The quantitative estimate of drug-likeness (QED) is 0.833. The first-order valence-corrected chi connectivity index (χ1v) is 8.86. The van der Waals surface area contributed by atoms with E-state index < -0.39 is 17.8 Å². The molecule has 0 heterocycles. The molecule has 2 N–H and O–H groups in total. The zero-order valence-corrected chi connectivity index (χ0v) is 14.1. The van der Waals surface area contributed by atoms with Crippen LogP contribution < -0.4 is 5.32 Å². The van der Waals surface area contributed by atoms with Crippen LogP contribution in [0.4, 0.5) is 0 Å². The van der Waals surface area contributed by atoms with Gasteiger partial charge in [-0.3, -0.25) is 9.59 Å². The normalized spacial score (nSPS) is 24.0. The predicted octanol–water partition coefficient (Wildman–Crippen LogP) is 3.41. The number of carboxylic acid groups (broad SMARTS) is 1. The Balaban J connectivity index is 1.69. The van der Waals surface area contributed by atoms with Gasteiger partial charge in [0.05, 0.1) is 17.9 Å². The third-order valence-corrected chi connectivity index (χ3v) is 5.32. The van der Waals surface area contributed by atoms with E-state index in [-0.39, 0.29) is 11.9 Å². The molecule has 2 aliphatic rings. The van der Waals surface area contributed by atoms with Gasteiger partial charge in [0.25, 0.3) is 0 Å². The van der Waals surface area contributed by atoms with Crippen molar-refractivity contribution in [3.05, 3.63) is 47.0 Å². The fraction of sp³-hybridized carbons (Fsp3) is 0.500. The first kappa shape index (κ1) is 16.7. The Morgan fingerprint density at radius 3 is 2.46 bits per heavy atom. The number of benzene rings is 1. The fourth-order valence-electron chi connectivity index (χ4n) is 3.80. The van der Waals surface area contributed by atoms with Crippen LogP contribution in [0.5, 0.6) is 0 Å². The minimum atomic E-state index is -0.888. The highest BCUT2D eigenvalue weighted by atomic mass is 16.4.